The molecule has 0 fully saturated rings. The lowest BCUT2D eigenvalue weighted by atomic mass is 10.1. The van der Waals surface area contributed by atoms with Gasteiger partial charge in [-0.2, -0.15) is 5.10 Å². The lowest BCUT2D eigenvalue weighted by Crippen LogP contribution is -2.32. The molecule has 1 aliphatic rings. The van der Waals surface area contributed by atoms with E-state index in [-0.39, 0.29) is 16.8 Å². The molecule has 0 amide bonds. The van der Waals surface area contributed by atoms with Crippen LogP contribution in [0.25, 0.3) is 11.0 Å². The summed E-state index contributed by atoms with van der Waals surface area (Å²) in [4.78, 5) is 13.6. The van der Waals surface area contributed by atoms with E-state index < -0.39 is 10.0 Å². The van der Waals surface area contributed by atoms with Crippen LogP contribution in [0, 0.1) is 0 Å². The van der Waals surface area contributed by atoms with Gasteiger partial charge in [-0.15, -0.1) is 0 Å². The Balaban J connectivity index is 1.50. The van der Waals surface area contributed by atoms with Crippen LogP contribution in [0.2, 0.25) is 0 Å². The summed E-state index contributed by atoms with van der Waals surface area (Å²) in [5, 5.41) is 7.60. The Bertz CT molecular complexity index is 1310. The molecular formula is C20H19N7O2S. The Morgan fingerprint density at radius 3 is 2.40 bits per heavy atom. The van der Waals surface area contributed by atoms with E-state index in [0.29, 0.717) is 23.4 Å². The third kappa shape index (κ3) is 3.57. The number of nitrogens with zero attached hydrogens (tertiary/aromatic N) is 5. The number of sulfonamides is 1. The Kier molecular flexibility index (Phi) is 4.55. The fraction of sp³-hybridized carbons (Fsp3) is 0.200. The van der Waals surface area contributed by atoms with Crippen LogP contribution >= 0.6 is 0 Å². The van der Waals surface area contributed by atoms with Crippen molar-refractivity contribution in [1.29, 1.82) is 0 Å². The van der Waals surface area contributed by atoms with Gasteiger partial charge in [0.2, 0.25) is 0 Å². The van der Waals surface area contributed by atoms with Crippen LogP contribution in [-0.4, -0.2) is 39.2 Å². The van der Waals surface area contributed by atoms with Crippen molar-refractivity contribution in [3.05, 3.63) is 66.7 Å². The summed E-state index contributed by atoms with van der Waals surface area (Å²) < 4.78 is 30.2. The molecule has 152 valence electrons. The molecular weight excluding hydrogens is 402 g/mol. The van der Waals surface area contributed by atoms with E-state index in [4.69, 9.17) is 0 Å². The van der Waals surface area contributed by atoms with Gasteiger partial charge in [0.05, 0.1) is 22.5 Å². The van der Waals surface area contributed by atoms with E-state index >= 15 is 0 Å². The number of aromatic nitrogens is 5. The molecule has 30 heavy (non-hydrogen) atoms. The fourth-order valence-electron chi connectivity index (χ4n) is 3.51. The topological polar surface area (TPSA) is 115 Å². The standard InChI is InChI=1S/C20H19N7O2S/c28-30(29,15-6-2-1-3-7-15)26-20-19(24-16-8-4-5-9-17(16)25-20)23-14-10-11-18-21-13-22-27(18)12-14/h1-9,13-14H,10-12H2,(H,23,24)(H,25,26). The van der Waals surface area contributed by atoms with Crippen LogP contribution in [0.4, 0.5) is 11.6 Å². The summed E-state index contributed by atoms with van der Waals surface area (Å²) in [6, 6.07) is 15.6. The molecule has 10 heteroatoms. The molecule has 0 radical (unpaired) electrons. The predicted octanol–water partition coefficient (Wildman–Crippen LogP) is 2.45. The van der Waals surface area contributed by atoms with E-state index in [1.807, 2.05) is 22.9 Å². The maximum atomic E-state index is 12.9. The molecule has 1 atom stereocenters. The summed E-state index contributed by atoms with van der Waals surface area (Å²) in [7, 11) is -3.81. The second kappa shape index (κ2) is 7.38. The third-order valence-corrected chi connectivity index (χ3v) is 6.36. The number of nitrogens with one attached hydrogen (secondary N) is 2. The molecule has 0 saturated heterocycles. The zero-order valence-electron chi connectivity index (χ0n) is 15.9. The molecule has 4 aromatic rings. The number of aryl methyl sites for hydroxylation is 1. The van der Waals surface area contributed by atoms with Crippen LogP contribution in [0.5, 0.6) is 0 Å². The molecule has 2 aromatic heterocycles. The van der Waals surface area contributed by atoms with Gasteiger partial charge in [-0.3, -0.25) is 4.72 Å². The molecule has 2 N–H and O–H groups in total. The summed E-state index contributed by atoms with van der Waals surface area (Å²) in [6.07, 6.45) is 3.16. The van der Waals surface area contributed by atoms with Crippen molar-refractivity contribution in [1.82, 2.24) is 24.7 Å². The van der Waals surface area contributed by atoms with Crippen molar-refractivity contribution in [3.8, 4) is 0 Å². The zero-order valence-corrected chi connectivity index (χ0v) is 16.7. The Hall–Kier alpha value is -3.53. The largest absolute Gasteiger partial charge is 0.362 e. The van der Waals surface area contributed by atoms with Crippen molar-refractivity contribution in [2.75, 3.05) is 10.0 Å². The van der Waals surface area contributed by atoms with Crippen LogP contribution in [0.1, 0.15) is 12.2 Å². The lowest BCUT2D eigenvalue weighted by Gasteiger charge is -2.25. The third-order valence-electron chi connectivity index (χ3n) is 5.00. The number of para-hydroxylation sites is 2. The monoisotopic (exact) mass is 421 g/mol. The average molecular weight is 421 g/mol. The fourth-order valence-corrected chi connectivity index (χ4v) is 4.54. The van der Waals surface area contributed by atoms with Crippen molar-refractivity contribution in [2.45, 2.75) is 30.3 Å². The SMILES string of the molecule is O=S(=O)(Nc1nc2ccccc2nc1NC1CCc2ncnn2C1)c1ccccc1. The van der Waals surface area contributed by atoms with Crippen molar-refractivity contribution >= 4 is 32.7 Å². The van der Waals surface area contributed by atoms with Crippen LogP contribution in [0.3, 0.4) is 0 Å². The Morgan fingerprint density at radius 1 is 0.933 bits per heavy atom. The normalized spacial score (nSPS) is 16.2. The average Bonchev–Trinajstić information content (AvgIpc) is 3.22. The second-order valence-electron chi connectivity index (χ2n) is 7.07. The van der Waals surface area contributed by atoms with Gasteiger partial charge in [0.15, 0.2) is 11.6 Å². The molecule has 0 bridgehead atoms. The molecule has 5 rings (SSSR count). The van der Waals surface area contributed by atoms with Crippen molar-refractivity contribution in [2.24, 2.45) is 0 Å². The van der Waals surface area contributed by atoms with E-state index in [1.54, 1.807) is 30.6 Å². The van der Waals surface area contributed by atoms with E-state index in [2.05, 4.69) is 30.1 Å². The highest BCUT2D eigenvalue weighted by molar-refractivity contribution is 7.92. The van der Waals surface area contributed by atoms with Gasteiger partial charge in [0.25, 0.3) is 10.0 Å². The number of hydrogen-bond donors (Lipinski definition) is 2. The molecule has 0 spiro atoms. The highest BCUT2D eigenvalue weighted by atomic mass is 32.2. The molecule has 0 saturated carbocycles. The maximum absolute atomic E-state index is 12.9. The summed E-state index contributed by atoms with van der Waals surface area (Å²) in [5.74, 6) is 1.51. The van der Waals surface area contributed by atoms with Gasteiger partial charge in [0.1, 0.15) is 12.2 Å². The maximum Gasteiger partial charge on any atom is 0.263 e. The number of hydrogen-bond acceptors (Lipinski definition) is 7. The molecule has 1 unspecified atom stereocenters. The molecule has 3 heterocycles. The van der Waals surface area contributed by atoms with Gasteiger partial charge in [-0.1, -0.05) is 30.3 Å². The quantitative estimate of drug-likeness (QED) is 0.509. The predicted molar refractivity (Wildman–Crippen MR) is 113 cm³/mol. The zero-order chi connectivity index (χ0) is 20.6. The minimum absolute atomic E-state index is 0.0228. The minimum atomic E-state index is -3.81. The Morgan fingerprint density at radius 2 is 1.63 bits per heavy atom. The minimum Gasteiger partial charge on any atom is -0.362 e. The summed E-state index contributed by atoms with van der Waals surface area (Å²) >= 11 is 0. The molecule has 0 aliphatic carbocycles. The smallest absolute Gasteiger partial charge is 0.263 e. The first-order valence-electron chi connectivity index (χ1n) is 9.56. The molecule has 2 aromatic carbocycles. The first-order chi connectivity index (χ1) is 14.6. The molecule has 1 aliphatic heterocycles. The first-order valence-corrected chi connectivity index (χ1v) is 11.0. The number of anilines is 2. The van der Waals surface area contributed by atoms with Gasteiger partial charge in [-0.05, 0) is 30.7 Å². The highest BCUT2D eigenvalue weighted by Crippen LogP contribution is 2.26. The highest BCUT2D eigenvalue weighted by Gasteiger charge is 2.23. The van der Waals surface area contributed by atoms with Gasteiger partial charge >= 0.3 is 0 Å². The van der Waals surface area contributed by atoms with Crippen LogP contribution < -0.4 is 10.0 Å². The van der Waals surface area contributed by atoms with E-state index in [1.165, 1.54) is 12.1 Å². The molecule has 9 nitrogen and oxygen atoms in total. The first kappa shape index (κ1) is 18.5. The van der Waals surface area contributed by atoms with Gasteiger partial charge in [-0.25, -0.2) is 28.1 Å². The van der Waals surface area contributed by atoms with Gasteiger partial charge in [0, 0.05) is 12.5 Å². The summed E-state index contributed by atoms with van der Waals surface area (Å²) in [6.45, 7) is 0.620. The summed E-state index contributed by atoms with van der Waals surface area (Å²) in [5.41, 5.74) is 1.29. The van der Waals surface area contributed by atoms with Crippen LogP contribution in [0.15, 0.2) is 65.8 Å². The number of fused-ring (bicyclic) bond motifs is 2. The van der Waals surface area contributed by atoms with E-state index in [0.717, 1.165) is 18.7 Å². The van der Waals surface area contributed by atoms with Gasteiger partial charge < -0.3 is 5.32 Å². The van der Waals surface area contributed by atoms with Crippen molar-refractivity contribution < 1.29 is 8.42 Å². The van der Waals surface area contributed by atoms with Crippen molar-refractivity contribution in [3.63, 3.8) is 0 Å². The number of rotatable bonds is 5. The second-order valence-corrected chi connectivity index (χ2v) is 8.75. The Labute approximate surface area is 173 Å². The number of benzene rings is 2. The van der Waals surface area contributed by atoms with E-state index in [9.17, 15) is 8.42 Å². The lowest BCUT2D eigenvalue weighted by molar-refractivity contribution is 0.441. The van der Waals surface area contributed by atoms with Crippen LogP contribution in [-0.2, 0) is 23.0 Å².